The average Bonchev–Trinajstić information content (AvgIpc) is 3.19. The number of hydrogen-bond acceptors (Lipinski definition) is 4. The molecule has 23 heavy (non-hydrogen) atoms. The minimum absolute atomic E-state index is 0.0260. The molecule has 1 aliphatic rings. The smallest absolute Gasteiger partial charge is 0.289 e. The van der Waals surface area contributed by atoms with Gasteiger partial charge in [-0.05, 0) is 30.7 Å². The Balaban J connectivity index is 1.50. The van der Waals surface area contributed by atoms with Gasteiger partial charge in [-0.3, -0.25) is 4.79 Å². The maximum absolute atomic E-state index is 12.7. The van der Waals surface area contributed by atoms with Crippen molar-refractivity contribution in [1.82, 2.24) is 4.90 Å². The second kappa shape index (κ2) is 6.16. The highest BCUT2D eigenvalue weighted by atomic mass is 32.2. The fourth-order valence-corrected chi connectivity index (χ4v) is 4.10. The average molecular weight is 327 g/mol. The third-order valence-electron chi connectivity index (χ3n) is 4.13. The summed E-state index contributed by atoms with van der Waals surface area (Å²) in [6.45, 7) is 1.45. The molecule has 0 saturated carbocycles. The predicted octanol–water partition coefficient (Wildman–Crippen LogP) is 4.35. The van der Waals surface area contributed by atoms with Crippen LogP contribution in [0.4, 0.5) is 0 Å². The molecule has 0 N–H and O–H groups in total. The molecule has 118 valence electrons. The van der Waals surface area contributed by atoms with E-state index in [9.17, 15) is 4.79 Å². The zero-order valence-electron chi connectivity index (χ0n) is 12.6. The lowest BCUT2D eigenvalue weighted by Gasteiger charge is -2.18. The van der Waals surface area contributed by atoms with Crippen molar-refractivity contribution >= 4 is 28.6 Å². The van der Waals surface area contributed by atoms with Gasteiger partial charge in [0, 0.05) is 24.2 Å². The zero-order chi connectivity index (χ0) is 15.6. The maximum Gasteiger partial charge on any atom is 0.289 e. The summed E-state index contributed by atoms with van der Waals surface area (Å²) in [6, 6.07) is 13.5. The van der Waals surface area contributed by atoms with Crippen LogP contribution in [0.5, 0.6) is 0 Å². The molecule has 1 amide bonds. The Hall–Kier alpha value is -2.14. The van der Waals surface area contributed by atoms with Gasteiger partial charge >= 0.3 is 0 Å². The van der Waals surface area contributed by atoms with Crippen molar-refractivity contribution in [2.24, 2.45) is 0 Å². The van der Waals surface area contributed by atoms with Gasteiger partial charge in [-0.15, -0.1) is 11.8 Å². The Bertz CT molecular complexity index is 776. The molecular formula is C18H17NO3S. The van der Waals surface area contributed by atoms with Crippen LogP contribution in [0.1, 0.15) is 28.0 Å². The number of furan rings is 2. The molecule has 1 aromatic carbocycles. The van der Waals surface area contributed by atoms with Crippen molar-refractivity contribution in [2.45, 2.75) is 11.7 Å². The topological polar surface area (TPSA) is 46.6 Å². The summed E-state index contributed by atoms with van der Waals surface area (Å²) >= 11 is 1.84. The molecule has 2 aromatic heterocycles. The Kier molecular flexibility index (Phi) is 3.87. The highest BCUT2D eigenvalue weighted by Gasteiger charge is 2.25. The van der Waals surface area contributed by atoms with Gasteiger partial charge in [0.25, 0.3) is 5.91 Å². The van der Waals surface area contributed by atoms with Crippen molar-refractivity contribution in [2.75, 3.05) is 18.8 Å². The van der Waals surface area contributed by atoms with Crippen LogP contribution in [0, 0.1) is 0 Å². The molecule has 0 aliphatic carbocycles. The lowest BCUT2D eigenvalue weighted by atomic mass is 10.2. The predicted molar refractivity (Wildman–Crippen MR) is 90.6 cm³/mol. The molecule has 3 heterocycles. The van der Waals surface area contributed by atoms with Gasteiger partial charge in [0.1, 0.15) is 11.3 Å². The first-order valence-corrected chi connectivity index (χ1v) is 8.79. The van der Waals surface area contributed by atoms with E-state index in [0.717, 1.165) is 35.4 Å². The molecule has 1 aliphatic heterocycles. The number of thioether (sulfide) groups is 1. The van der Waals surface area contributed by atoms with Crippen LogP contribution < -0.4 is 0 Å². The van der Waals surface area contributed by atoms with E-state index in [0.29, 0.717) is 17.6 Å². The first-order chi connectivity index (χ1) is 11.3. The minimum Gasteiger partial charge on any atom is -0.468 e. The second-order valence-electron chi connectivity index (χ2n) is 5.60. The molecule has 1 fully saturated rings. The van der Waals surface area contributed by atoms with E-state index in [1.807, 2.05) is 59.1 Å². The van der Waals surface area contributed by atoms with Crippen LogP contribution in [-0.2, 0) is 0 Å². The molecular weight excluding hydrogens is 310 g/mol. The summed E-state index contributed by atoms with van der Waals surface area (Å²) in [5, 5.41) is 1.28. The third kappa shape index (κ3) is 2.88. The van der Waals surface area contributed by atoms with E-state index in [4.69, 9.17) is 8.83 Å². The number of carbonyl (C=O) groups is 1. The lowest BCUT2D eigenvalue weighted by Crippen LogP contribution is -2.32. The highest BCUT2D eigenvalue weighted by molar-refractivity contribution is 7.99. The largest absolute Gasteiger partial charge is 0.468 e. The molecule has 0 radical (unpaired) electrons. The summed E-state index contributed by atoms with van der Waals surface area (Å²) in [4.78, 5) is 14.6. The number of nitrogens with zero attached hydrogens (tertiary/aromatic N) is 1. The number of fused-ring (bicyclic) bond motifs is 1. The molecule has 1 saturated heterocycles. The molecule has 4 rings (SSSR count). The number of amides is 1. The lowest BCUT2D eigenvalue weighted by molar-refractivity contribution is 0.0736. The normalized spacial score (nSPS) is 19.0. The highest BCUT2D eigenvalue weighted by Crippen LogP contribution is 2.35. The molecule has 0 bridgehead atoms. The van der Waals surface area contributed by atoms with Gasteiger partial charge < -0.3 is 13.7 Å². The van der Waals surface area contributed by atoms with E-state index >= 15 is 0 Å². The summed E-state index contributed by atoms with van der Waals surface area (Å²) in [5.41, 5.74) is 0.758. The Morgan fingerprint density at radius 1 is 1.17 bits per heavy atom. The summed E-state index contributed by atoms with van der Waals surface area (Å²) in [6.07, 6.45) is 2.60. The van der Waals surface area contributed by atoms with Crippen LogP contribution in [-0.4, -0.2) is 29.6 Å². The molecule has 4 nitrogen and oxygen atoms in total. The Labute approximate surface area is 138 Å². The first kappa shape index (κ1) is 14.5. The molecule has 1 atom stereocenters. The minimum atomic E-state index is -0.0260. The maximum atomic E-state index is 12.7. The molecule has 5 heteroatoms. The first-order valence-electron chi connectivity index (χ1n) is 7.74. The van der Waals surface area contributed by atoms with Crippen LogP contribution in [0.15, 0.2) is 57.6 Å². The van der Waals surface area contributed by atoms with Gasteiger partial charge in [-0.25, -0.2) is 0 Å². The standard InChI is InChI=1S/C18H17NO3S/c20-18(16-12-13-4-1-2-5-14(13)22-16)19-8-7-17(23-11-9-19)15-6-3-10-21-15/h1-6,10,12,17H,7-9,11H2/t17-/m0/s1. The Morgan fingerprint density at radius 2 is 2.09 bits per heavy atom. The van der Waals surface area contributed by atoms with E-state index in [1.54, 1.807) is 6.26 Å². The van der Waals surface area contributed by atoms with Gasteiger partial charge in [0.05, 0.1) is 11.5 Å². The quantitative estimate of drug-likeness (QED) is 0.702. The van der Waals surface area contributed by atoms with Crippen molar-refractivity contribution in [3.05, 3.63) is 60.2 Å². The van der Waals surface area contributed by atoms with E-state index < -0.39 is 0 Å². The van der Waals surface area contributed by atoms with Gasteiger partial charge in [0.15, 0.2) is 5.76 Å². The number of benzene rings is 1. The van der Waals surface area contributed by atoms with Crippen molar-refractivity contribution < 1.29 is 13.6 Å². The van der Waals surface area contributed by atoms with Gasteiger partial charge in [0.2, 0.25) is 0 Å². The molecule has 0 unspecified atom stereocenters. The van der Waals surface area contributed by atoms with E-state index in [-0.39, 0.29) is 5.91 Å². The second-order valence-corrected chi connectivity index (χ2v) is 6.91. The fraction of sp³-hybridized carbons (Fsp3) is 0.278. The zero-order valence-corrected chi connectivity index (χ0v) is 13.4. The fourth-order valence-electron chi connectivity index (χ4n) is 2.92. The summed E-state index contributed by atoms with van der Waals surface area (Å²) in [5.74, 6) is 2.29. The molecule has 0 spiro atoms. The Morgan fingerprint density at radius 3 is 2.91 bits per heavy atom. The van der Waals surface area contributed by atoms with Crippen LogP contribution in [0.2, 0.25) is 0 Å². The summed E-state index contributed by atoms with van der Waals surface area (Å²) < 4.78 is 11.2. The number of hydrogen-bond donors (Lipinski definition) is 0. The van der Waals surface area contributed by atoms with E-state index in [1.165, 1.54) is 0 Å². The number of para-hydroxylation sites is 1. The monoisotopic (exact) mass is 327 g/mol. The molecule has 3 aromatic rings. The van der Waals surface area contributed by atoms with Crippen molar-refractivity contribution in [3.8, 4) is 0 Å². The van der Waals surface area contributed by atoms with E-state index in [2.05, 4.69) is 0 Å². The summed E-state index contributed by atoms with van der Waals surface area (Å²) in [7, 11) is 0. The van der Waals surface area contributed by atoms with Crippen LogP contribution in [0.3, 0.4) is 0 Å². The van der Waals surface area contributed by atoms with Crippen LogP contribution in [0.25, 0.3) is 11.0 Å². The number of rotatable bonds is 2. The SMILES string of the molecule is O=C(c1cc2ccccc2o1)N1CCS[C@H](c2ccco2)CC1. The number of carbonyl (C=O) groups excluding carboxylic acids is 1. The van der Waals surface area contributed by atoms with Gasteiger partial charge in [-0.2, -0.15) is 0 Å². The third-order valence-corrected chi connectivity index (χ3v) is 5.41. The van der Waals surface area contributed by atoms with Crippen LogP contribution >= 0.6 is 11.8 Å². The van der Waals surface area contributed by atoms with Crippen molar-refractivity contribution in [1.29, 1.82) is 0 Å². The van der Waals surface area contributed by atoms with Gasteiger partial charge in [-0.1, -0.05) is 18.2 Å². The van der Waals surface area contributed by atoms with Crippen molar-refractivity contribution in [3.63, 3.8) is 0 Å².